The van der Waals surface area contributed by atoms with Crippen LogP contribution in [0.5, 0.6) is 0 Å². The van der Waals surface area contributed by atoms with Gasteiger partial charge in [0.1, 0.15) is 12.6 Å². The van der Waals surface area contributed by atoms with E-state index >= 15 is 0 Å². The standard InChI is InChI=1S/2C11H20O3.C11H22.2C9H18O.2C8H14O2.C6H12.C5H8O3.C4H8.C3H6O.4C2H6/c1-4-9-8(11(2,3)14-9)6-5-7-10(12)13;1-4-8-9(14-11(8,2)3)6-5-7-10(12)13;1-2-4-6-8-10-11-9-7-5-3-1;2*1-5-7-8(6-2)10-9(7,3)4;1-7(2)5-3-4-6-8(9)10;1-2-3-4-5-6-7-8(9)10;1-4-5-6(2)3;6-4-2-1-3-5(7)8;1-4(2)3;1-2-3-4;4*1-2/h2*8-9H,4-7H2,1-3H3,(H,12,13);1-11H2;2*7-8H,5-6H2,1-4H3;5H,3-4,6H2,1-2H3,(H,9,10);3-4H,2,5-7H2,1H3,(H,9,10);5H,4H2,1-3H3;4H,1-3H2,(H,7,8);1H2,2-3H3;3H,2H2,1H3;4*1-2H3/p-5/b;;;;;;4-3-;;;;;;;;. The Morgan fingerprint density at radius 1 is 0.330 bits per heavy atom. The first-order chi connectivity index (χ1) is 51.3. The van der Waals surface area contributed by atoms with Crippen LogP contribution < -0.4 is 25.5 Å². The van der Waals surface area contributed by atoms with E-state index in [-0.39, 0.29) is 60.6 Å². The third kappa shape index (κ3) is 82.8. The number of allylic oxidation sites excluding steroid dienone is 7. The predicted molar refractivity (Wildman–Crippen MR) is 453 cm³/mol. The predicted octanol–water partition coefficient (Wildman–Crippen LogP) is 21.2. The maximum Gasteiger partial charge on any atom is 0.120 e. The van der Waals surface area contributed by atoms with Gasteiger partial charge in [0.05, 0.1) is 46.8 Å². The highest BCUT2D eigenvalue weighted by Crippen LogP contribution is 2.45. The lowest BCUT2D eigenvalue weighted by molar-refractivity contribution is -0.307. The molecule has 1 aliphatic carbocycles. The lowest BCUT2D eigenvalue weighted by atomic mass is 9.75. The van der Waals surface area contributed by atoms with Gasteiger partial charge < -0.3 is 78.0 Å². The summed E-state index contributed by atoms with van der Waals surface area (Å²) < 4.78 is 22.7. The topological polar surface area (TPSA) is 272 Å². The Morgan fingerprint density at radius 2 is 0.578 bits per heavy atom. The minimum atomic E-state index is -1.09. The number of ether oxygens (including phenoxy) is 4. The van der Waals surface area contributed by atoms with Crippen molar-refractivity contribution in [1.29, 1.82) is 0 Å². The maximum absolute atomic E-state index is 10.3. The molecule has 5 aliphatic rings. The highest BCUT2D eigenvalue weighted by Gasteiger charge is 2.49. The molecule has 5 fully saturated rings. The van der Waals surface area contributed by atoms with Crippen molar-refractivity contribution in [2.75, 3.05) is 0 Å². The molecule has 0 aromatic carbocycles. The molecule has 5 rings (SSSR count). The van der Waals surface area contributed by atoms with Gasteiger partial charge >= 0.3 is 0 Å². The molecule has 1 saturated carbocycles. The summed E-state index contributed by atoms with van der Waals surface area (Å²) in [5.74, 6) is -2.25. The van der Waals surface area contributed by atoms with E-state index in [0.29, 0.717) is 81.4 Å². The summed E-state index contributed by atoms with van der Waals surface area (Å²) in [4.78, 5) is 68.7. The van der Waals surface area contributed by atoms with Gasteiger partial charge in [-0.2, -0.15) is 0 Å². The lowest BCUT2D eigenvalue weighted by Crippen LogP contribution is -2.55. The fourth-order valence-corrected chi connectivity index (χ4v) is 12.8. The highest BCUT2D eigenvalue weighted by molar-refractivity contribution is 5.65. The van der Waals surface area contributed by atoms with Crippen LogP contribution in [0.15, 0.2) is 47.6 Å². The van der Waals surface area contributed by atoms with E-state index in [1.165, 1.54) is 119 Å². The number of carboxylic acid groups (broad SMARTS) is 5. The molecule has 4 aliphatic heterocycles. The largest absolute Gasteiger partial charge is 0.550 e. The molecule has 0 aromatic rings. The summed E-state index contributed by atoms with van der Waals surface area (Å²) >= 11 is 0. The Morgan fingerprint density at radius 3 is 0.789 bits per heavy atom. The molecule has 8 atom stereocenters. The third-order valence-electron chi connectivity index (χ3n) is 18.0. The smallest absolute Gasteiger partial charge is 0.120 e. The molecule has 0 amide bonds. The molecule has 0 bridgehead atoms. The zero-order valence-corrected chi connectivity index (χ0v) is 77.1. The highest BCUT2D eigenvalue weighted by atomic mass is 16.5. The van der Waals surface area contributed by atoms with Gasteiger partial charge in [0.15, 0.2) is 0 Å². The number of unbranched alkanes of at least 4 members (excludes halogenated alkanes) is 3. The van der Waals surface area contributed by atoms with Gasteiger partial charge in [-0.25, -0.2) is 0 Å². The fraction of sp³-hybridized carbons (Fsp3) is 0.839. The molecule has 4 heterocycles. The monoisotopic (exact) mass is 1550 g/mol. The van der Waals surface area contributed by atoms with Crippen molar-refractivity contribution in [3.05, 3.63) is 47.6 Å². The lowest BCUT2D eigenvalue weighted by Gasteiger charge is -2.51. The van der Waals surface area contributed by atoms with Gasteiger partial charge in [0.25, 0.3) is 0 Å². The van der Waals surface area contributed by atoms with Crippen molar-refractivity contribution in [3.8, 4) is 0 Å². The van der Waals surface area contributed by atoms with Crippen molar-refractivity contribution in [2.45, 2.75) is 486 Å². The molecule has 0 N–H and O–H groups in total. The van der Waals surface area contributed by atoms with Crippen LogP contribution in [0.1, 0.15) is 439 Å². The molecule has 4 saturated heterocycles. The number of carboxylic acids is 5. The van der Waals surface area contributed by atoms with E-state index in [1.54, 1.807) is 0 Å². The Labute approximate surface area is 674 Å². The Balaban J connectivity index is -0.000000124. The Kier molecular flexibility index (Phi) is 98.8. The van der Waals surface area contributed by atoms with Crippen LogP contribution >= 0.6 is 0 Å². The first-order valence-electron chi connectivity index (χ1n) is 43.4. The van der Waals surface area contributed by atoms with Crippen molar-refractivity contribution in [2.24, 2.45) is 23.7 Å². The van der Waals surface area contributed by atoms with Gasteiger partial charge in [-0.3, -0.25) is 0 Å². The number of hydrogen-bond acceptors (Lipinski definition) is 16. The van der Waals surface area contributed by atoms with Gasteiger partial charge in [0.2, 0.25) is 0 Å². The molecule has 0 aromatic heterocycles. The van der Waals surface area contributed by atoms with Gasteiger partial charge in [-0.15, -0.1) is 6.58 Å². The van der Waals surface area contributed by atoms with Crippen molar-refractivity contribution in [3.63, 3.8) is 0 Å². The number of carbonyl (C=O) groups excluding carboxylic acids is 7. The number of hydrogen-bond donors (Lipinski definition) is 0. The average Bonchev–Trinajstić information content (AvgIpc) is 0.808. The maximum atomic E-state index is 10.3. The van der Waals surface area contributed by atoms with Crippen LogP contribution in [-0.2, 0) is 52.5 Å². The van der Waals surface area contributed by atoms with Gasteiger partial charge in [0, 0.05) is 66.4 Å². The zero-order valence-electron chi connectivity index (χ0n) is 77.1. The van der Waals surface area contributed by atoms with Gasteiger partial charge in [-0.05, 0) is 238 Å². The van der Waals surface area contributed by atoms with Gasteiger partial charge in [-0.1, -0.05) is 229 Å². The summed E-state index contributed by atoms with van der Waals surface area (Å²) in [7, 11) is 0. The Bertz CT molecular complexity index is 2090. The number of aliphatic carboxylic acids is 5. The van der Waals surface area contributed by atoms with E-state index < -0.39 is 29.8 Å². The molecule has 652 valence electrons. The number of carbonyl (C=O) groups is 7. The normalized spacial score (nSPS) is 20.4. The van der Waals surface area contributed by atoms with Crippen LogP contribution in [-0.4, -0.2) is 89.2 Å². The Hall–Kier alpha value is -4.51. The third-order valence-corrected chi connectivity index (χ3v) is 18.0. The summed E-state index contributed by atoms with van der Waals surface area (Å²) in [6.45, 7) is 68.0. The quantitative estimate of drug-likeness (QED) is 0.0382. The molecular formula is C93H179O16-5. The molecule has 0 radical (unpaired) electrons. The van der Waals surface area contributed by atoms with E-state index in [1.807, 2.05) is 108 Å². The van der Waals surface area contributed by atoms with Crippen LogP contribution in [0.25, 0.3) is 0 Å². The molecule has 109 heavy (non-hydrogen) atoms. The SMILES string of the molecule is C1CCCCCCCCCC1.C=C(C)C.CC.CC.CC.CC.CC(C)=CCCCC(=O)[O-].CC/C=C\CCCC(=O)[O-].CCC1C(CCCC(=O)[O-])OC1(C)C.CCC1OC(C)(C)C1CC.CCC1OC(C)(C)C1CC.CCC1OC(C)(C)C1CCCC(=O)[O-].CCC=C(C)C.CCC=O.O=CCCCC(=O)[O-]. The molecule has 16 nitrogen and oxygen atoms in total. The summed E-state index contributed by atoms with van der Waals surface area (Å²) in [5, 5.41) is 49.9. The second kappa shape index (κ2) is 85.9. The second-order valence-corrected chi connectivity index (χ2v) is 29.9. The van der Waals surface area contributed by atoms with E-state index in [4.69, 9.17) is 18.9 Å². The second-order valence-electron chi connectivity index (χ2n) is 29.9. The first-order valence-corrected chi connectivity index (χ1v) is 43.4. The van der Waals surface area contributed by atoms with Crippen molar-refractivity contribution >= 4 is 42.4 Å². The minimum absolute atomic E-state index is 0.0130. The molecule has 0 spiro atoms. The van der Waals surface area contributed by atoms with Crippen LogP contribution in [0.4, 0.5) is 0 Å². The first kappa shape index (κ1) is 125. The molecule has 8 unspecified atom stereocenters. The summed E-state index contributed by atoms with van der Waals surface area (Å²) in [6, 6.07) is 0. The van der Waals surface area contributed by atoms with E-state index in [9.17, 15) is 59.1 Å². The van der Waals surface area contributed by atoms with E-state index in [0.717, 1.165) is 63.1 Å². The fourth-order valence-electron chi connectivity index (χ4n) is 12.8. The van der Waals surface area contributed by atoms with Crippen molar-refractivity contribution < 1.29 is 78.0 Å². The van der Waals surface area contributed by atoms with Crippen LogP contribution in [0.2, 0.25) is 0 Å². The average molecular weight is 1550 g/mol. The van der Waals surface area contributed by atoms with Crippen molar-refractivity contribution in [1.82, 2.24) is 0 Å². The van der Waals surface area contributed by atoms with E-state index in [2.05, 4.69) is 137 Å². The van der Waals surface area contributed by atoms with Crippen LogP contribution in [0.3, 0.4) is 0 Å². The minimum Gasteiger partial charge on any atom is -0.550 e. The number of rotatable bonds is 29. The summed E-state index contributed by atoms with van der Waals surface area (Å²) in [5.41, 5.74) is 4.06. The molecule has 16 heteroatoms. The summed E-state index contributed by atoms with van der Waals surface area (Å²) in [6.07, 6.45) is 45.4. The van der Waals surface area contributed by atoms with Crippen LogP contribution in [0, 0.1) is 23.7 Å². The zero-order chi connectivity index (χ0) is 87.1. The number of aldehydes is 2. The molecular weight excluding hydrogens is 1370 g/mol.